The van der Waals surface area contributed by atoms with Crippen LogP contribution in [0.2, 0.25) is 26.2 Å². The highest BCUT2D eigenvalue weighted by Gasteiger charge is 2.19. The topological polar surface area (TPSA) is 0 Å². The minimum Gasteiger partial charge on any atom is -0.0897 e. The Labute approximate surface area is 172 Å². The number of benzene rings is 3. The summed E-state index contributed by atoms with van der Waals surface area (Å²) in [6.07, 6.45) is 4.57. The van der Waals surface area contributed by atoms with Crippen LogP contribution >= 0.6 is 0 Å². The van der Waals surface area contributed by atoms with Crippen molar-refractivity contribution in [1.82, 2.24) is 0 Å². The van der Waals surface area contributed by atoms with Gasteiger partial charge in [-0.3, -0.25) is 0 Å². The van der Waals surface area contributed by atoms with Crippen LogP contribution in [0.25, 0.3) is 12.2 Å². The third kappa shape index (κ3) is 5.31. The summed E-state index contributed by atoms with van der Waals surface area (Å²) in [5, 5.41) is 2.94. The Balaban J connectivity index is 1.70. The van der Waals surface area contributed by atoms with E-state index in [1.54, 1.807) is 0 Å². The number of hydrogen-bond acceptors (Lipinski definition) is 0. The average Bonchev–Trinajstić information content (AvgIpc) is 2.73. The normalized spacial score (nSPS) is 12.7. The van der Waals surface area contributed by atoms with Crippen molar-refractivity contribution >= 4 is 38.7 Å². The molecule has 28 heavy (non-hydrogen) atoms. The molecule has 0 saturated heterocycles. The fourth-order valence-electron chi connectivity index (χ4n) is 3.26. The first kappa shape index (κ1) is 20.3. The molecule has 0 radical (unpaired) electrons. The van der Waals surface area contributed by atoms with Crippen LogP contribution in [0.15, 0.2) is 96.3 Å². The second-order valence-electron chi connectivity index (χ2n) is 8.51. The minimum absolute atomic E-state index is 1.27. The van der Waals surface area contributed by atoms with Gasteiger partial charge in [-0.15, -0.1) is 0 Å². The molecule has 0 heterocycles. The van der Waals surface area contributed by atoms with Crippen LogP contribution in [0, 0.1) is 0 Å². The van der Waals surface area contributed by atoms with Crippen LogP contribution in [0.1, 0.15) is 11.1 Å². The zero-order chi connectivity index (χ0) is 20.0. The van der Waals surface area contributed by atoms with Crippen molar-refractivity contribution in [3.63, 3.8) is 0 Å². The lowest BCUT2D eigenvalue weighted by atomic mass is 10.1. The molecule has 0 aliphatic heterocycles. The van der Waals surface area contributed by atoms with Gasteiger partial charge in [0, 0.05) is 0 Å². The number of hydrogen-bond donors (Lipinski definition) is 0. The highest BCUT2D eigenvalue weighted by molar-refractivity contribution is 6.94. The Hall–Kier alpha value is -2.43. The molecule has 0 N–H and O–H groups in total. The Kier molecular flexibility index (Phi) is 6.33. The summed E-state index contributed by atoms with van der Waals surface area (Å²) in [7, 11) is -3.08. The van der Waals surface area contributed by atoms with Gasteiger partial charge in [-0.2, -0.15) is 0 Å². The van der Waals surface area contributed by atoms with E-state index in [1.165, 1.54) is 21.5 Å². The van der Waals surface area contributed by atoms with Gasteiger partial charge >= 0.3 is 0 Å². The quantitative estimate of drug-likeness (QED) is 0.445. The lowest BCUT2D eigenvalue weighted by Gasteiger charge is -2.18. The van der Waals surface area contributed by atoms with Gasteiger partial charge in [-0.1, -0.05) is 145 Å². The van der Waals surface area contributed by atoms with Crippen molar-refractivity contribution in [3.05, 3.63) is 107 Å². The first-order chi connectivity index (χ1) is 13.4. The third-order valence-corrected chi connectivity index (χ3v) is 11.0. The highest BCUT2D eigenvalue weighted by Crippen LogP contribution is 2.13. The van der Waals surface area contributed by atoms with Crippen molar-refractivity contribution in [2.75, 3.05) is 0 Å². The first-order valence-corrected chi connectivity index (χ1v) is 16.1. The van der Waals surface area contributed by atoms with E-state index in [1.807, 2.05) is 0 Å². The molecule has 3 aromatic carbocycles. The molecule has 0 spiro atoms. The van der Waals surface area contributed by atoms with E-state index in [0.29, 0.717) is 0 Å². The lowest BCUT2D eigenvalue weighted by molar-refractivity contribution is 1.62. The predicted molar refractivity (Wildman–Crippen MR) is 132 cm³/mol. The van der Waals surface area contributed by atoms with E-state index < -0.39 is 16.1 Å². The zero-order valence-corrected chi connectivity index (χ0v) is 19.4. The summed E-state index contributed by atoms with van der Waals surface area (Å²) >= 11 is 0. The van der Waals surface area contributed by atoms with Crippen LogP contribution in [0.4, 0.5) is 0 Å². The monoisotopic (exact) mass is 398 g/mol. The van der Waals surface area contributed by atoms with Crippen molar-refractivity contribution in [2.24, 2.45) is 0 Å². The molecule has 0 atom stereocenters. The second-order valence-corrected chi connectivity index (χ2v) is 17.2. The molecule has 0 aliphatic rings. The van der Waals surface area contributed by atoms with E-state index in [4.69, 9.17) is 0 Å². The molecule has 2 heteroatoms. The fraction of sp³-hybridized carbons (Fsp3) is 0.154. The molecule has 0 fully saturated rings. The lowest BCUT2D eigenvalue weighted by Crippen LogP contribution is -2.39. The Morgan fingerprint density at radius 2 is 0.786 bits per heavy atom. The van der Waals surface area contributed by atoms with Gasteiger partial charge in [0.25, 0.3) is 0 Å². The average molecular weight is 399 g/mol. The first-order valence-electron chi connectivity index (χ1n) is 9.96. The second kappa shape index (κ2) is 8.72. The summed E-state index contributed by atoms with van der Waals surface area (Å²) in [6.45, 7) is 9.58. The smallest absolute Gasteiger partial charge is 0.0897 e. The molecule has 0 aliphatic carbocycles. The molecule has 0 aromatic heterocycles. The molecular weight excluding hydrogens is 368 g/mol. The molecule has 0 amide bonds. The van der Waals surface area contributed by atoms with E-state index in [-0.39, 0.29) is 0 Å². The van der Waals surface area contributed by atoms with Gasteiger partial charge in [0.15, 0.2) is 0 Å². The van der Waals surface area contributed by atoms with Crippen LogP contribution < -0.4 is 10.4 Å². The maximum absolute atomic E-state index is 2.43. The Bertz CT molecular complexity index is 854. The molecule has 0 bridgehead atoms. The minimum atomic E-state index is -1.54. The number of rotatable bonds is 6. The van der Waals surface area contributed by atoms with Crippen molar-refractivity contribution in [2.45, 2.75) is 26.2 Å². The van der Waals surface area contributed by atoms with Gasteiger partial charge in [-0.25, -0.2) is 0 Å². The maximum Gasteiger partial charge on any atom is 0.104 e. The largest absolute Gasteiger partial charge is 0.104 e. The summed E-state index contributed by atoms with van der Waals surface area (Å²) in [5.74, 6) is 0. The third-order valence-electron chi connectivity index (χ3n) is 5.36. The van der Waals surface area contributed by atoms with E-state index >= 15 is 0 Å². The van der Waals surface area contributed by atoms with Crippen molar-refractivity contribution < 1.29 is 0 Å². The van der Waals surface area contributed by atoms with Crippen LogP contribution in [-0.2, 0) is 0 Å². The molecule has 3 aromatic rings. The molecule has 0 saturated carbocycles. The molecule has 0 nitrogen and oxygen atoms in total. The van der Waals surface area contributed by atoms with Crippen molar-refractivity contribution in [3.8, 4) is 0 Å². The molecule has 0 unspecified atom stereocenters. The van der Waals surface area contributed by atoms with Crippen molar-refractivity contribution in [1.29, 1.82) is 0 Å². The van der Waals surface area contributed by atoms with Crippen LogP contribution in [0.3, 0.4) is 0 Å². The fourth-order valence-corrected chi connectivity index (χ4v) is 6.96. The van der Waals surface area contributed by atoms with E-state index in [2.05, 4.69) is 135 Å². The van der Waals surface area contributed by atoms with Gasteiger partial charge in [0.05, 0.1) is 0 Å². The molecular formula is C26H30Si2. The highest BCUT2D eigenvalue weighted by atomic mass is 28.3. The summed E-state index contributed by atoms with van der Waals surface area (Å²) < 4.78 is 0. The Morgan fingerprint density at radius 3 is 1.11 bits per heavy atom. The maximum atomic E-state index is 2.43. The summed E-state index contributed by atoms with van der Waals surface area (Å²) in [5.41, 5.74) is 7.40. The van der Waals surface area contributed by atoms with Crippen LogP contribution in [-0.4, -0.2) is 16.1 Å². The van der Waals surface area contributed by atoms with Gasteiger partial charge in [-0.05, 0) is 11.1 Å². The predicted octanol–water partition coefficient (Wildman–Crippen LogP) is 6.02. The SMILES string of the molecule is C[Si](C)(/C=C/c1ccc(/C=C/[Si](C)(C)c2ccccc2)cc1)c1ccccc1. The van der Waals surface area contributed by atoms with Gasteiger partial charge < -0.3 is 0 Å². The van der Waals surface area contributed by atoms with E-state index in [9.17, 15) is 0 Å². The van der Waals surface area contributed by atoms with Crippen LogP contribution in [0.5, 0.6) is 0 Å². The van der Waals surface area contributed by atoms with Gasteiger partial charge in [0.2, 0.25) is 0 Å². The van der Waals surface area contributed by atoms with E-state index in [0.717, 1.165) is 0 Å². The summed E-state index contributed by atoms with van der Waals surface area (Å²) in [6, 6.07) is 30.6. The molecule has 142 valence electrons. The standard InChI is InChI=1S/C26H30Si2/c1-27(2,25-11-7-5-8-12-25)21-19-23-15-17-24(18-16-23)20-22-28(3,4)26-13-9-6-10-14-26/h5-22H,1-4H3/b21-19+,22-20+. The zero-order valence-electron chi connectivity index (χ0n) is 17.4. The molecule has 3 rings (SSSR count). The summed E-state index contributed by atoms with van der Waals surface area (Å²) in [4.78, 5) is 0. The Morgan fingerprint density at radius 1 is 0.464 bits per heavy atom. The van der Waals surface area contributed by atoms with Gasteiger partial charge in [0.1, 0.15) is 16.1 Å².